The van der Waals surface area contributed by atoms with Gasteiger partial charge >= 0.3 is 0 Å². The van der Waals surface area contributed by atoms with Gasteiger partial charge < -0.3 is 5.32 Å². The summed E-state index contributed by atoms with van der Waals surface area (Å²) in [6, 6.07) is 4.39. The number of benzene rings is 1. The smallest absolute Gasteiger partial charge is 0.252 e. The van der Waals surface area contributed by atoms with Crippen LogP contribution in [0.5, 0.6) is 0 Å². The Kier molecular flexibility index (Phi) is 2.80. The summed E-state index contributed by atoms with van der Waals surface area (Å²) in [5.74, 6) is -1.48. The predicted octanol–water partition coefficient (Wildman–Crippen LogP) is 1.68. The standard InChI is InChI=1S/C13H9BrFN3O2/c14-8-2-10(9(15)1-6(8)5-16)18-13-3-7(4-13)11(19)17-12(13)20/h1-2,7,18H,3-4H2,(H,17,19,20). The summed E-state index contributed by atoms with van der Waals surface area (Å²) in [4.78, 5) is 23.3. The minimum absolute atomic E-state index is 0.138. The Balaban J connectivity index is 1.90. The molecule has 3 fully saturated rings. The number of piperidine rings is 2. The number of nitriles is 1. The number of halogens is 2. The minimum Gasteiger partial charge on any atom is -0.369 e. The first kappa shape index (κ1) is 13.1. The van der Waals surface area contributed by atoms with Gasteiger partial charge in [-0.25, -0.2) is 4.39 Å². The van der Waals surface area contributed by atoms with Crippen molar-refractivity contribution in [2.75, 3.05) is 5.32 Å². The van der Waals surface area contributed by atoms with Gasteiger partial charge in [0.2, 0.25) is 5.91 Å². The van der Waals surface area contributed by atoms with Crippen molar-refractivity contribution in [1.29, 1.82) is 5.26 Å². The Morgan fingerprint density at radius 2 is 2.15 bits per heavy atom. The highest BCUT2D eigenvalue weighted by atomic mass is 79.9. The maximum Gasteiger partial charge on any atom is 0.252 e. The van der Waals surface area contributed by atoms with Crippen molar-refractivity contribution in [2.45, 2.75) is 18.4 Å². The SMILES string of the molecule is N#Cc1cc(F)c(NC23CC(C2)C(=O)NC3=O)cc1Br. The van der Waals surface area contributed by atoms with Gasteiger partial charge in [-0.3, -0.25) is 14.9 Å². The van der Waals surface area contributed by atoms with E-state index >= 15 is 0 Å². The Morgan fingerprint density at radius 1 is 1.45 bits per heavy atom. The van der Waals surface area contributed by atoms with Crippen molar-refractivity contribution >= 4 is 33.4 Å². The molecule has 0 unspecified atom stereocenters. The molecule has 1 aliphatic carbocycles. The lowest BCUT2D eigenvalue weighted by Gasteiger charge is -2.50. The van der Waals surface area contributed by atoms with Crippen LogP contribution in [-0.2, 0) is 9.59 Å². The topological polar surface area (TPSA) is 82.0 Å². The molecule has 0 atom stereocenters. The fraction of sp³-hybridized carbons (Fsp3) is 0.308. The first-order valence-corrected chi connectivity index (χ1v) is 6.77. The van der Waals surface area contributed by atoms with Crippen LogP contribution in [0.25, 0.3) is 0 Å². The fourth-order valence-corrected chi connectivity index (χ4v) is 3.06. The number of rotatable bonds is 2. The predicted molar refractivity (Wildman–Crippen MR) is 71.0 cm³/mol. The van der Waals surface area contributed by atoms with Crippen LogP contribution in [0, 0.1) is 23.1 Å². The van der Waals surface area contributed by atoms with Crippen LogP contribution >= 0.6 is 15.9 Å². The molecule has 0 spiro atoms. The van der Waals surface area contributed by atoms with Crippen LogP contribution in [0.2, 0.25) is 0 Å². The lowest BCUT2D eigenvalue weighted by atomic mass is 9.64. The summed E-state index contributed by atoms with van der Waals surface area (Å²) in [6.07, 6.45) is 0.740. The summed E-state index contributed by atoms with van der Waals surface area (Å²) in [7, 11) is 0. The van der Waals surface area contributed by atoms with E-state index in [2.05, 4.69) is 26.6 Å². The van der Waals surface area contributed by atoms with Gasteiger partial charge in [0.25, 0.3) is 5.91 Å². The molecule has 5 nitrogen and oxygen atoms in total. The van der Waals surface area contributed by atoms with E-state index in [9.17, 15) is 14.0 Å². The number of hydrogen-bond acceptors (Lipinski definition) is 4. The highest BCUT2D eigenvalue weighted by Gasteiger charge is 2.57. The van der Waals surface area contributed by atoms with Crippen molar-refractivity contribution in [3.8, 4) is 6.07 Å². The zero-order chi connectivity index (χ0) is 14.5. The summed E-state index contributed by atoms with van der Waals surface area (Å²) in [5.41, 5.74) is -0.605. The molecule has 2 N–H and O–H groups in total. The molecule has 2 saturated heterocycles. The van der Waals surface area contributed by atoms with Gasteiger partial charge in [-0.05, 0) is 40.9 Å². The monoisotopic (exact) mass is 337 g/mol. The summed E-state index contributed by atoms with van der Waals surface area (Å²) >= 11 is 3.18. The first-order valence-electron chi connectivity index (χ1n) is 5.98. The van der Waals surface area contributed by atoms with Gasteiger partial charge in [0.15, 0.2) is 0 Å². The lowest BCUT2D eigenvalue weighted by molar-refractivity contribution is -0.148. The molecule has 1 aromatic rings. The zero-order valence-corrected chi connectivity index (χ0v) is 11.8. The van der Waals surface area contributed by atoms with Crippen LogP contribution in [0.15, 0.2) is 16.6 Å². The van der Waals surface area contributed by atoms with Crippen molar-refractivity contribution in [1.82, 2.24) is 5.32 Å². The van der Waals surface area contributed by atoms with E-state index < -0.39 is 17.3 Å². The quantitative estimate of drug-likeness (QED) is 0.804. The largest absolute Gasteiger partial charge is 0.369 e. The number of fused-ring (bicyclic) bond motifs is 2. The molecule has 2 heterocycles. The van der Waals surface area contributed by atoms with E-state index in [-0.39, 0.29) is 23.1 Å². The Labute approximate surface area is 122 Å². The second kappa shape index (κ2) is 4.28. The Bertz CT molecular complexity index is 677. The lowest BCUT2D eigenvalue weighted by Crippen LogP contribution is -2.69. The van der Waals surface area contributed by atoms with Crippen LogP contribution < -0.4 is 10.6 Å². The van der Waals surface area contributed by atoms with E-state index in [0.717, 1.165) is 6.07 Å². The number of carbonyl (C=O) groups is 2. The third-order valence-corrected chi connectivity index (χ3v) is 4.44. The van der Waals surface area contributed by atoms with Crippen molar-refractivity contribution < 1.29 is 14.0 Å². The molecule has 2 bridgehead atoms. The van der Waals surface area contributed by atoms with E-state index in [4.69, 9.17) is 5.26 Å². The van der Waals surface area contributed by atoms with Crippen molar-refractivity contribution in [3.63, 3.8) is 0 Å². The highest BCUT2D eigenvalue weighted by Crippen LogP contribution is 2.44. The minimum atomic E-state index is -0.924. The van der Waals surface area contributed by atoms with E-state index in [1.165, 1.54) is 6.07 Å². The Morgan fingerprint density at radius 3 is 2.75 bits per heavy atom. The third-order valence-electron chi connectivity index (χ3n) is 3.78. The van der Waals surface area contributed by atoms with Crippen LogP contribution in [0.4, 0.5) is 10.1 Å². The van der Waals surface area contributed by atoms with Gasteiger partial charge in [-0.1, -0.05) is 0 Å². The maximum absolute atomic E-state index is 13.9. The molecule has 7 heteroatoms. The molecule has 2 aliphatic heterocycles. The second-order valence-electron chi connectivity index (χ2n) is 5.05. The second-order valence-corrected chi connectivity index (χ2v) is 5.91. The van der Waals surface area contributed by atoms with E-state index in [1.54, 1.807) is 0 Å². The molecule has 1 saturated carbocycles. The maximum atomic E-state index is 13.9. The van der Waals surface area contributed by atoms with Gasteiger partial charge in [0.1, 0.15) is 17.4 Å². The summed E-state index contributed by atoms with van der Waals surface area (Å²) in [5, 5.41) is 14.0. The summed E-state index contributed by atoms with van der Waals surface area (Å²) in [6.45, 7) is 0. The van der Waals surface area contributed by atoms with Crippen molar-refractivity contribution in [3.05, 3.63) is 28.0 Å². The average Bonchev–Trinajstić information content (AvgIpc) is 2.34. The first-order chi connectivity index (χ1) is 9.45. The van der Waals surface area contributed by atoms with Crippen LogP contribution in [0.3, 0.4) is 0 Å². The molecule has 3 aliphatic rings. The molecular formula is C13H9BrFN3O2. The average molecular weight is 338 g/mol. The van der Waals surface area contributed by atoms with E-state index in [0.29, 0.717) is 17.3 Å². The van der Waals surface area contributed by atoms with Gasteiger partial charge in [-0.2, -0.15) is 5.26 Å². The number of carbonyl (C=O) groups excluding carboxylic acids is 2. The highest BCUT2D eigenvalue weighted by molar-refractivity contribution is 9.10. The molecule has 1 aromatic carbocycles. The van der Waals surface area contributed by atoms with Crippen LogP contribution in [0.1, 0.15) is 18.4 Å². The Hall–Kier alpha value is -1.94. The number of anilines is 1. The van der Waals surface area contributed by atoms with Crippen molar-refractivity contribution in [2.24, 2.45) is 5.92 Å². The fourth-order valence-electron chi connectivity index (χ4n) is 2.63. The number of nitrogens with zero attached hydrogens (tertiary/aromatic N) is 1. The number of amides is 2. The molecule has 102 valence electrons. The van der Waals surface area contributed by atoms with Crippen LogP contribution in [-0.4, -0.2) is 17.4 Å². The molecule has 4 rings (SSSR count). The molecule has 2 amide bonds. The number of nitrogens with one attached hydrogen (secondary N) is 2. The number of hydrogen-bond donors (Lipinski definition) is 2. The zero-order valence-electron chi connectivity index (χ0n) is 10.2. The normalized spacial score (nSPS) is 27.4. The third kappa shape index (κ3) is 1.79. The summed E-state index contributed by atoms with van der Waals surface area (Å²) < 4.78 is 14.4. The van der Waals surface area contributed by atoms with Gasteiger partial charge in [-0.15, -0.1) is 0 Å². The molecule has 0 radical (unpaired) electrons. The molecular weight excluding hydrogens is 329 g/mol. The van der Waals surface area contributed by atoms with Gasteiger partial charge in [0.05, 0.1) is 11.3 Å². The molecule has 20 heavy (non-hydrogen) atoms. The number of imide groups is 1. The van der Waals surface area contributed by atoms with Gasteiger partial charge in [0, 0.05) is 10.4 Å². The van der Waals surface area contributed by atoms with E-state index in [1.807, 2.05) is 6.07 Å². The molecule has 0 aromatic heterocycles.